The molecule has 7 atom stereocenters. The summed E-state index contributed by atoms with van der Waals surface area (Å²) in [5, 5.41) is 9.55. The number of likely N-dealkylation sites (tertiary alicyclic amines) is 3. The van der Waals surface area contributed by atoms with Crippen molar-refractivity contribution in [2.75, 3.05) is 85.1 Å². The zero-order chi connectivity index (χ0) is 37.5. The lowest BCUT2D eigenvalue weighted by Crippen LogP contribution is -2.46. The standard InChI is InChI=1S/C14H26N2O2.C14H26N2O.C13H24N2OS/c1-11-3-6-16(14(17)13(9-11)15-2)10-12-4-7-18-8-5-12;1-11-7-8-16(10-12-5-3-4-6-12)14(17)13(9-11)15-2;1-10-3-5-15(8-11-4-6-17-9-11)13(16)12(7-10)14-2/h11-13,15H,3-10H2,1-2H3;11-13,15H,3-10H2,1-2H3;10-12,14H,3-9H2,1-2H3. The molecule has 0 radical (unpaired) electrons. The number of nitrogens with zero attached hydrogens (tertiary/aromatic N) is 3. The van der Waals surface area contributed by atoms with Crippen LogP contribution in [0.2, 0.25) is 0 Å². The molecule has 6 fully saturated rings. The van der Waals surface area contributed by atoms with Gasteiger partial charge in [0.1, 0.15) is 0 Å². The number of ether oxygens (including phenoxy) is 1. The number of carbonyl (C=O) groups is 3. The Morgan fingerprint density at radius 3 is 1.31 bits per heavy atom. The Hall–Kier alpha value is -1.40. The van der Waals surface area contributed by atoms with Crippen LogP contribution in [0.5, 0.6) is 0 Å². The highest BCUT2D eigenvalue weighted by atomic mass is 32.2. The van der Waals surface area contributed by atoms with Crippen LogP contribution < -0.4 is 16.0 Å². The minimum Gasteiger partial charge on any atom is -0.381 e. The summed E-state index contributed by atoms with van der Waals surface area (Å²) in [6.45, 7) is 14.2. The van der Waals surface area contributed by atoms with Gasteiger partial charge in [0.25, 0.3) is 0 Å². The second-order valence-corrected chi connectivity index (χ2v) is 18.4. The van der Waals surface area contributed by atoms with E-state index in [1.807, 2.05) is 32.9 Å². The molecule has 3 amide bonds. The number of carbonyl (C=O) groups excluding carboxylic acids is 3. The predicted molar refractivity (Wildman–Crippen MR) is 214 cm³/mol. The SMILES string of the molecule is CNC1CC(C)CCN(CC2CCCC2)C1=O.CNC1CC(C)CCN(CC2CCOCC2)C1=O.CNC1CC(C)CCN(CC2CCSC2)C1=O. The summed E-state index contributed by atoms with van der Waals surface area (Å²) in [5.74, 6) is 7.55. The average Bonchev–Trinajstić information content (AvgIpc) is 3.81. The lowest BCUT2D eigenvalue weighted by atomic mass is 9.99. The topological polar surface area (TPSA) is 106 Å². The second kappa shape index (κ2) is 22.9. The molecule has 1 saturated carbocycles. The summed E-state index contributed by atoms with van der Waals surface area (Å²) in [7, 11) is 5.71. The van der Waals surface area contributed by atoms with Gasteiger partial charge in [0.15, 0.2) is 0 Å². The fourth-order valence-corrected chi connectivity index (χ4v) is 10.3. The van der Waals surface area contributed by atoms with Gasteiger partial charge in [0.05, 0.1) is 18.1 Å². The van der Waals surface area contributed by atoms with Crippen LogP contribution in [0.3, 0.4) is 0 Å². The normalized spacial score (nSPS) is 32.8. The molecule has 10 nitrogen and oxygen atoms in total. The molecule has 0 aromatic heterocycles. The number of rotatable bonds is 9. The molecule has 52 heavy (non-hydrogen) atoms. The van der Waals surface area contributed by atoms with Gasteiger partial charge in [-0.15, -0.1) is 0 Å². The van der Waals surface area contributed by atoms with Crippen molar-refractivity contribution in [1.29, 1.82) is 0 Å². The number of thioether (sulfide) groups is 1. The summed E-state index contributed by atoms with van der Waals surface area (Å²) >= 11 is 2.03. The van der Waals surface area contributed by atoms with Crippen molar-refractivity contribution in [2.24, 2.45) is 35.5 Å². The zero-order valence-electron chi connectivity index (χ0n) is 33.8. The first-order valence-corrected chi connectivity index (χ1v) is 22.3. The molecule has 0 spiro atoms. The van der Waals surface area contributed by atoms with Crippen molar-refractivity contribution in [3.63, 3.8) is 0 Å². The van der Waals surface area contributed by atoms with Gasteiger partial charge in [-0.3, -0.25) is 14.4 Å². The van der Waals surface area contributed by atoms with E-state index in [1.165, 1.54) is 43.6 Å². The van der Waals surface area contributed by atoms with Crippen LogP contribution in [0.1, 0.15) is 104 Å². The first-order chi connectivity index (χ1) is 25.1. The van der Waals surface area contributed by atoms with Gasteiger partial charge in [-0.2, -0.15) is 11.8 Å². The average molecular weight is 749 g/mol. The second-order valence-electron chi connectivity index (χ2n) is 17.2. The van der Waals surface area contributed by atoms with E-state index in [-0.39, 0.29) is 18.1 Å². The van der Waals surface area contributed by atoms with E-state index in [4.69, 9.17) is 4.74 Å². The van der Waals surface area contributed by atoms with Crippen LogP contribution in [0.4, 0.5) is 0 Å². The van der Waals surface area contributed by atoms with E-state index in [0.29, 0.717) is 41.4 Å². The number of hydrogen-bond acceptors (Lipinski definition) is 8. The number of likely N-dealkylation sites (N-methyl/N-ethyl adjacent to an activating group) is 3. The first-order valence-electron chi connectivity index (χ1n) is 21.1. The molecule has 1 aliphatic carbocycles. The van der Waals surface area contributed by atoms with Gasteiger partial charge in [-0.05, 0) is 139 Å². The Morgan fingerprint density at radius 2 is 0.942 bits per heavy atom. The molecular formula is C41H76N6O4S. The van der Waals surface area contributed by atoms with Crippen molar-refractivity contribution in [3.8, 4) is 0 Å². The third kappa shape index (κ3) is 13.7. The number of hydrogen-bond donors (Lipinski definition) is 3. The Morgan fingerprint density at radius 1 is 0.558 bits per heavy atom. The first kappa shape index (κ1) is 43.3. The fraction of sp³-hybridized carbons (Fsp3) is 0.927. The van der Waals surface area contributed by atoms with Crippen molar-refractivity contribution in [3.05, 3.63) is 0 Å². The summed E-state index contributed by atoms with van der Waals surface area (Å²) in [6.07, 6.45) is 15.3. The monoisotopic (exact) mass is 749 g/mol. The Labute approximate surface area is 321 Å². The fourth-order valence-electron chi connectivity index (χ4n) is 9.04. The van der Waals surface area contributed by atoms with Gasteiger partial charge in [-0.25, -0.2) is 0 Å². The molecule has 0 bridgehead atoms. The van der Waals surface area contributed by atoms with Gasteiger partial charge in [0, 0.05) is 52.5 Å². The lowest BCUT2D eigenvalue weighted by Gasteiger charge is -2.30. The van der Waals surface area contributed by atoms with Crippen molar-refractivity contribution < 1.29 is 19.1 Å². The summed E-state index contributed by atoms with van der Waals surface area (Å²) in [5.41, 5.74) is 0. The van der Waals surface area contributed by atoms with E-state index < -0.39 is 0 Å². The van der Waals surface area contributed by atoms with E-state index in [0.717, 1.165) is 116 Å². The van der Waals surface area contributed by atoms with E-state index in [9.17, 15) is 14.4 Å². The summed E-state index contributed by atoms with van der Waals surface area (Å²) in [6, 6.07) is 0.109. The molecule has 11 heteroatoms. The predicted octanol–water partition coefficient (Wildman–Crippen LogP) is 4.87. The Kier molecular flexibility index (Phi) is 19.0. The maximum atomic E-state index is 12.4. The van der Waals surface area contributed by atoms with E-state index in [2.05, 4.69) is 51.4 Å². The minimum atomic E-state index is 0.0161. The molecule has 0 aromatic carbocycles. The molecule has 6 rings (SSSR count). The maximum Gasteiger partial charge on any atom is 0.239 e. The number of nitrogens with one attached hydrogen (secondary N) is 3. The van der Waals surface area contributed by atoms with Crippen molar-refractivity contribution >= 4 is 29.5 Å². The van der Waals surface area contributed by atoms with Gasteiger partial charge in [0.2, 0.25) is 17.7 Å². The van der Waals surface area contributed by atoms with Crippen LogP contribution in [0.25, 0.3) is 0 Å². The molecule has 3 N–H and O–H groups in total. The lowest BCUT2D eigenvalue weighted by molar-refractivity contribution is -0.134. The van der Waals surface area contributed by atoms with Crippen LogP contribution in [-0.4, -0.2) is 136 Å². The third-order valence-corrected chi connectivity index (χ3v) is 14.0. The van der Waals surface area contributed by atoms with Gasteiger partial charge < -0.3 is 35.4 Å². The molecule has 5 aliphatic heterocycles. The summed E-state index contributed by atoms with van der Waals surface area (Å²) in [4.78, 5) is 43.5. The van der Waals surface area contributed by atoms with Crippen LogP contribution >= 0.6 is 11.8 Å². The van der Waals surface area contributed by atoms with Crippen molar-refractivity contribution in [2.45, 2.75) is 122 Å². The quantitative estimate of drug-likeness (QED) is 0.307. The van der Waals surface area contributed by atoms with Crippen LogP contribution in [-0.2, 0) is 19.1 Å². The number of amides is 3. The molecule has 5 saturated heterocycles. The highest BCUT2D eigenvalue weighted by molar-refractivity contribution is 7.99. The van der Waals surface area contributed by atoms with E-state index in [1.54, 1.807) is 0 Å². The molecule has 0 aromatic rings. The molecule has 300 valence electrons. The van der Waals surface area contributed by atoms with Crippen LogP contribution in [0.15, 0.2) is 0 Å². The molecular weight excluding hydrogens is 673 g/mol. The van der Waals surface area contributed by atoms with Crippen LogP contribution in [0, 0.1) is 35.5 Å². The Bertz CT molecular complexity index is 1010. The third-order valence-electron chi connectivity index (χ3n) is 12.7. The summed E-state index contributed by atoms with van der Waals surface area (Å²) < 4.78 is 5.38. The molecule has 5 heterocycles. The largest absolute Gasteiger partial charge is 0.381 e. The highest BCUT2D eigenvalue weighted by Crippen LogP contribution is 2.28. The molecule has 6 aliphatic rings. The smallest absolute Gasteiger partial charge is 0.239 e. The highest BCUT2D eigenvalue weighted by Gasteiger charge is 2.33. The maximum absolute atomic E-state index is 12.4. The molecule has 7 unspecified atom stereocenters. The van der Waals surface area contributed by atoms with Gasteiger partial charge in [-0.1, -0.05) is 33.6 Å². The van der Waals surface area contributed by atoms with Crippen molar-refractivity contribution in [1.82, 2.24) is 30.7 Å². The van der Waals surface area contributed by atoms with Gasteiger partial charge >= 0.3 is 0 Å². The zero-order valence-corrected chi connectivity index (χ0v) is 34.7. The minimum absolute atomic E-state index is 0.0161. The Balaban J connectivity index is 0.000000175. The van der Waals surface area contributed by atoms with E-state index >= 15 is 0 Å².